The topological polar surface area (TPSA) is 72.1 Å². The molecule has 0 radical (unpaired) electrons. The summed E-state index contributed by atoms with van der Waals surface area (Å²) in [7, 11) is 0. The molecule has 4 rings (SSSR count). The molecule has 0 fully saturated rings. The number of hydrogen-bond acceptors (Lipinski definition) is 5. The molecular formula is C15H14N4O2. The van der Waals surface area contributed by atoms with Crippen molar-refractivity contribution in [2.24, 2.45) is 0 Å². The molecule has 0 spiro atoms. The third kappa shape index (κ3) is 2.35. The van der Waals surface area contributed by atoms with Crippen LogP contribution in [-0.2, 0) is 6.54 Å². The third-order valence-electron chi connectivity index (χ3n) is 3.33. The van der Waals surface area contributed by atoms with Crippen LogP contribution in [0.4, 0.5) is 5.95 Å². The average Bonchev–Trinajstić information content (AvgIpc) is 2.93. The fourth-order valence-electron chi connectivity index (χ4n) is 2.32. The molecule has 0 saturated carbocycles. The van der Waals surface area contributed by atoms with Crippen molar-refractivity contribution < 1.29 is 9.47 Å². The van der Waals surface area contributed by atoms with E-state index in [-0.39, 0.29) is 0 Å². The Kier molecular flexibility index (Phi) is 2.85. The van der Waals surface area contributed by atoms with Crippen molar-refractivity contribution in [2.45, 2.75) is 6.54 Å². The average molecular weight is 282 g/mol. The van der Waals surface area contributed by atoms with E-state index in [0.717, 1.165) is 34.0 Å². The molecule has 0 bridgehead atoms. The number of ether oxygens (including phenoxy) is 2. The SMILES string of the molecule is c1cncc(CNc2nc3cc4c(cc3[nH]2)OCCO4)c1. The Balaban J connectivity index is 1.59. The highest BCUT2D eigenvalue weighted by Gasteiger charge is 2.14. The summed E-state index contributed by atoms with van der Waals surface area (Å²) >= 11 is 0. The van der Waals surface area contributed by atoms with Crippen LogP contribution in [0.15, 0.2) is 36.7 Å². The molecule has 3 aromatic rings. The van der Waals surface area contributed by atoms with E-state index in [4.69, 9.17) is 9.47 Å². The smallest absolute Gasteiger partial charge is 0.201 e. The Morgan fingerprint density at radius 1 is 1.19 bits per heavy atom. The minimum absolute atomic E-state index is 0.578. The van der Waals surface area contributed by atoms with E-state index in [0.29, 0.717) is 19.8 Å². The van der Waals surface area contributed by atoms with Crippen molar-refractivity contribution in [2.75, 3.05) is 18.5 Å². The van der Waals surface area contributed by atoms with Crippen LogP contribution in [0.3, 0.4) is 0 Å². The van der Waals surface area contributed by atoms with Crippen LogP contribution >= 0.6 is 0 Å². The maximum atomic E-state index is 5.57. The number of H-pyrrole nitrogens is 1. The highest BCUT2D eigenvalue weighted by Crippen LogP contribution is 2.34. The quantitative estimate of drug-likeness (QED) is 0.771. The molecule has 6 nitrogen and oxygen atoms in total. The lowest BCUT2D eigenvalue weighted by molar-refractivity contribution is 0.172. The number of imidazole rings is 1. The molecule has 0 saturated heterocycles. The van der Waals surface area contributed by atoms with Crippen LogP contribution in [0.1, 0.15) is 5.56 Å². The Labute approximate surface area is 121 Å². The van der Waals surface area contributed by atoms with Crippen molar-refractivity contribution in [1.82, 2.24) is 15.0 Å². The molecular weight excluding hydrogens is 268 g/mol. The predicted molar refractivity (Wildman–Crippen MR) is 78.6 cm³/mol. The van der Waals surface area contributed by atoms with Crippen molar-refractivity contribution >= 4 is 17.0 Å². The van der Waals surface area contributed by atoms with Gasteiger partial charge in [0.05, 0.1) is 11.0 Å². The van der Waals surface area contributed by atoms with Crippen LogP contribution in [0.2, 0.25) is 0 Å². The van der Waals surface area contributed by atoms with Crippen LogP contribution in [-0.4, -0.2) is 28.2 Å². The van der Waals surface area contributed by atoms with E-state index < -0.39 is 0 Å². The van der Waals surface area contributed by atoms with Crippen molar-refractivity contribution in [3.05, 3.63) is 42.2 Å². The van der Waals surface area contributed by atoms with E-state index in [1.54, 1.807) is 6.20 Å². The Morgan fingerprint density at radius 2 is 2.05 bits per heavy atom. The Morgan fingerprint density at radius 3 is 2.86 bits per heavy atom. The van der Waals surface area contributed by atoms with Gasteiger partial charge in [0.1, 0.15) is 13.2 Å². The monoisotopic (exact) mass is 282 g/mol. The van der Waals surface area contributed by atoms with E-state index in [1.807, 2.05) is 30.5 Å². The van der Waals surface area contributed by atoms with E-state index in [9.17, 15) is 0 Å². The number of aromatic amines is 1. The molecule has 1 aliphatic rings. The second-order valence-corrected chi connectivity index (χ2v) is 4.81. The van der Waals surface area contributed by atoms with Crippen molar-refractivity contribution in [3.63, 3.8) is 0 Å². The fraction of sp³-hybridized carbons (Fsp3) is 0.200. The molecule has 6 heteroatoms. The first-order valence-electron chi connectivity index (χ1n) is 6.81. The first-order chi connectivity index (χ1) is 10.4. The number of aromatic nitrogens is 3. The van der Waals surface area contributed by atoms with Crippen molar-refractivity contribution in [3.8, 4) is 11.5 Å². The second-order valence-electron chi connectivity index (χ2n) is 4.81. The molecule has 0 atom stereocenters. The molecule has 106 valence electrons. The fourth-order valence-corrected chi connectivity index (χ4v) is 2.32. The van der Waals surface area contributed by atoms with Gasteiger partial charge in [-0.1, -0.05) is 6.07 Å². The summed E-state index contributed by atoms with van der Waals surface area (Å²) in [5.41, 5.74) is 2.88. The van der Waals surface area contributed by atoms with Gasteiger partial charge in [0.2, 0.25) is 5.95 Å². The van der Waals surface area contributed by atoms with Crippen LogP contribution in [0.25, 0.3) is 11.0 Å². The zero-order valence-corrected chi connectivity index (χ0v) is 11.3. The minimum atomic E-state index is 0.578. The molecule has 0 amide bonds. The van der Waals surface area contributed by atoms with Crippen molar-refractivity contribution in [1.29, 1.82) is 0 Å². The number of nitrogens with one attached hydrogen (secondary N) is 2. The predicted octanol–water partition coefficient (Wildman–Crippen LogP) is 2.34. The molecule has 1 aromatic carbocycles. The van der Waals surface area contributed by atoms with Gasteiger partial charge in [-0.2, -0.15) is 0 Å². The minimum Gasteiger partial charge on any atom is -0.486 e. The number of hydrogen-bond donors (Lipinski definition) is 2. The van der Waals surface area contributed by atoms with Gasteiger partial charge < -0.3 is 19.8 Å². The molecule has 21 heavy (non-hydrogen) atoms. The van der Waals surface area contributed by atoms with Crippen LogP contribution < -0.4 is 14.8 Å². The number of pyridine rings is 1. The summed E-state index contributed by atoms with van der Waals surface area (Å²) < 4.78 is 11.1. The van der Waals surface area contributed by atoms with Gasteiger partial charge in [-0.3, -0.25) is 4.98 Å². The summed E-state index contributed by atoms with van der Waals surface area (Å²) in [6.07, 6.45) is 3.59. The summed E-state index contributed by atoms with van der Waals surface area (Å²) in [6.45, 7) is 1.83. The van der Waals surface area contributed by atoms with Gasteiger partial charge in [0, 0.05) is 31.1 Å². The second kappa shape index (κ2) is 4.97. The maximum absolute atomic E-state index is 5.57. The largest absolute Gasteiger partial charge is 0.486 e. The lowest BCUT2D eigenvalue weighted by Crippen LogP contribution is -2.15. The normalized spacial score (nSPS) is 13.3. The third-order valence-corrected chi connectivity index (χ3v) is 3.33. The highest BCUT2D eigenvalue weighted by atomic mass is 16.6. The summed E-state index contributed by atoms with van der Waals surface area (Å²) in [5, 5.41) is 3.25. The van der Waals surface area contributed by atoms with Gasteiger partial charge in [-0.15, -0.1) is 0 Å². The van der Waals surface area contributed by atoms with Gasteiger partial charge in [-0.05, 0) is 11.6 Å². The maximum Gasteiger partial charge on any atom is 0.201 e. The number of fused-ring (bicyclic) bond motifs is 2. The molecule has 0 unspecified atom stereocenters. The van der Waals surface area contributed by atoms with Crippen LogP contribution in [0, 0.1) is 0 Å². The molecule has 2 aromatic heterocycles. The number of anilines is 1. The molecule has 3 heterocycles. The van der Waals surface area contributed by atoms with Gasteiger partial charge >= 0.3 is 0 Å². The zero-order chi connectivity index (χ0) is 14.1. The summed E-state index contributed by atoms with van der Waals surface area (Å²) in [5.74, 6) is 2.23. The van der Waals surface area contributed by atoms with Gasteiger partial charge in [0.15, 0.2) is 11.5 Å². The lowest BCUT2D eigenvalue weighted by Gasteiger charge is -2.17. The molecule has 1 aliphatic heterocycles. The van der Waals surface area contributed by atoms with E-state index >= 15 is 0 Å². The van der Waals surface area contributed by atoms with E-state index in [1.165, 1.54) is 0 Å². The Bertz CT molecular complexity index is 727. The number of benzene rings is 1. The van der Waals surface area contributed by atoms with Crippen LogP contribution in [0.5, 0.6) is 11.5 Å². The Hall–Kier alpha value is -2.76. The molecule has 2 N–H and O–H groups in total. The highest BCUT2D eigenvalue weighted by molar-refractivity contribution is 5.81. The standard InChI is InChI=1S/C15H14N4O2/c1-2-10(8-16-3-1)9-17-15-18-11-6-13-14(7-12(11)19-15)21-5-4-20-13/h1-3,6-8H,4-5,9H2,(H2,17,18,19). The summed E-state index contributed by atoms with van der Waals surface area (Å²) in [4.78, 5) is 11.8. The first kappa shape index (κ1) is 12.0. The van der Waals surface area contributed by atoms with E-state index in [2.05, 4.69) is 20.3 Å². The number of rotatable bonds is 3. The molecule has 0 aliphatic carbocycles. The lowest BCUT2D eigenvalue weighted by atomic mass is 10.2. The zero-order valence-electron chi connectivity index (χ0n) is 11.3. The van der Waals surface area contributed by atoms with Gasteiger partial charge in [-0.25, -0.2) is 4.98 Å². The van der Waals surface area contributed by atoms with Gasteiger partial charge in [0.25, 0.3) is 0 Å². The summed E-state index contributed by atoms with van der Waals surface area (Å²) in [6, 6.07) is 7.75. The first-order valence-corrected chi connectivity index (χ1v) is 6.81. The number of nitrogens with zero attached hydrogens (tertiary/aromatic N) is 2.